The van der Waals surface area contributed by atoms with Crippen LogP contribution in [0.5, 0.6) is 0 Å². The average molecular weight is 343 g/mol. The fourth-order valence-electron chi connectivity index (χ4n) is 2.08. The van der Waals surface area contributed by atoms with Crippen LogP contribution in [0.2, 0.25) is 0 Å². The first-order chi connectivity index (χ1) is 9.15. The number of rotatable bonds is 5. The van der Waals surface area contributed by atoms with E-state index in [1.54, 1.807) is 17.4 Å². The number of thiophene rings is 1. The van der Waals surface area contributed by atoms with E-state index in [2.05, 4.69) is 39.7 Å². The summed E-state index contributed by atoms with van der Waals surface area (Å²) in [4.78, 5) is 1.19. The largest absolute Gasteiger partial charge is 0.271 e. The fraction of sp³-hybridized carbons (Fsp3) is 0.286. The molecule has 2 rings (SSSR count). The fourth-order valence-corrected chi connectivity index (χ4v) is 3.47. The van der Waals surface area contributed by atoms with E-state index in [-0.39, 0.29) is 11.9 Å². The minimum atomic E-state index is -0.204. The van der Waals surface area contributed by atoms with Crippen molar-refractivity contribution in [2.45, 2.75) is 25.8 Å². The Morgan fingerprint density at radius 2 is 2.16 bits per heavy atom. The van der Waals surface area contributed by atoms with Gasteiger partial charge in [0.15, 0.2) is 0 Å². The van der Waals surface area contributed by atoms with Gasteiger partial charge in [0.2, 0.25) is 0 Å². The van der Waals surface area contributed by atoms with Crippen molar-refractivity contribution in [1.82, 2.24) is 5.43 Å². The molecule has 102 valence electrons. The molecule has 2 nitrogen and oxygen atoms in total. The Bertz CT molecular complexity index is 556. The summed E-state index contributed by atoms with van der Waals surface area (Å²) in [7, 11) is 0. The molecule has 2 aromatic rings. The third kappa shape index (κ3) is 3.42. The molecule has 1 unspecified atom stereocenters. The van der Waals surface area contributed by atoms with Crippen LogP contribution in [0.15, 0.2) is 34.1 Å². The van der Waals surface area contributed by atoms with E-state index >= 15 is 0 Å². The van der Waals surface area contributed by atoms with Crippen LogP contribution < -0.4 is 11.3 Å². The second kappa shape index (κ2) is 6.61. The minimum absolute atomic E-state index is 0.0503. The molecule has 0 aliphatic heterocycles. The second-order valence-corrected chi connectivity index (χ2v) is 6.19. The maximum Gasteiger partial charge on any atom is 0.127 e. The Balaban J connectivity index is 2.24. The number of hydrogen-bond acceptors (Lipinski definition) is 3. The van der Waals surface area contributed by atoms with E-state index in [9.17, 15) is 4.39 Å². The van der Waals surface area contributed by atoms with E-state index in [0.717, 1.165) is 10.9 Å². The van der Waals surface area contributed by atoms with Crippen molar-refractivity contribution < 1.29 is 4.39 Å². The summed E-state index contributed by atoms with van der Waals surface area (Å²) in [6.45, 7) is 2.11. The van der Waals surface area contributed by atoms with E-state index in [1.807, 2.05) is 6.07 Å². The zero-order chi connectivity index (χ0) is 13.8. The van der Waals surface area contributed by atoms with Crippen molar-refractivity contribution in [2.75, 3.05) is 0 Å². The van der Waals surface area contributed by atoms with Crippen LogP contribution in [0.1, 0.15) is 29.0 Å². The number of halogens is 2. The maximum atomic E-state index is 13.9. The van der Waals surface area contributed by atoms with Gasteiger partial charge in [-0.15, -0.1) is 11.3 Å². The van der Waals surface area contributed by atoms with E-state index in [4.69, 9.17) is 5.84 Å². The van der Waals surface area contributed by atoms with Gasteiger partial charge >= 0.3 is 0 Å². The predicted octanol–water partition coefficient (Wildman–Crippen LogP) is 3.96. The van der Waals surface area contributed by atoms with Gasteiger partial charge in [-0.3, -0.25) is 11.3 Å². The van der Waals surface area contributed by atoms with Gasteiger partial charge in [-0.1, -0.05) is 28.9 Å². The van der Waals surface area contributed by atoms with Gasteiger partial charge in [0.1, 0.15) is 5.82 Å². The molecule has 1 atom stereocenters. The molecule has 0 aliphatic rings. The molecule has 1 aromatic carbocycles. The van der Waals surface area contributed by atoms with Crippen molar-refractivity contribution in [3.8, 4) is 0 Å². The van der Waals surface area contributed by atoms with Crippen molar-refractivity contribution in [3.05, 3.63) is 55.9 Å². The Morgan fingerprint density at radius 3 is 2.79 bits per heavy atom. The number of hydrogen-bond donors (Lipinski definition) is 2. The number of nitrogens with one attached hydrogen (secondary N) is 1. The topological polar surface area (TPSA) is 38.0 Å². The molecule has 0 bridgehead atoms. The summed E-state index contributed by atoms with van der Waals surface area (Å²) in [5.41, 5.74) is 4.74. The third-order valence-electron chi connectivity index (χ3n) is 3.12. The van der Waals surface area contributed by atoms with E-state index in [0.29, 0.717) is 12.0 Å². The van der Waals surface area contributed by atoms with Crippen LogP contribution >= 0.6 is 27.3 Å². The van der Waals surface area contributed by atoms with Crippen molar-refractivity contribution >= 4 is 27.3 Å². The molecule has 19 heavy (non-hydrogen) atoms. The van der Waals surface area contributed by atoms with Crippen LogP contribution in [-0.4, -0.2) is 0 Å². The lowest BCUT2D eigenvalue weighted by Gasteiger charge is -2.17. The molecule has 0 amide bonds. The summed E-state index contributed by atoms with van der Waals surface area (Å²) < 4.78 is 14.6. The Labute approximate surface area is 124 Å². The number of aryl methyl sites for hydroxylation is 1. The summed E-state index contributed by atoms with van der Waals surface area (Å²) in [6.07, 6.45) is 1.50. The van der Waals surface area contributed by atoms with Crippen molar-refractivity contribution in [2.24, 2.45) is 5.84 Å². The molecular weight excluding hydrogens is 327 g/mol. The summed E-state index contributed by atoms with van der Waals surface area (Å²) in [6, 6.07) is 7.18. The molecule has 0 saturated carbocycles. The monoisotopic (exact) mass is 342 g/mol. The molecule has 1 heterocycles. The second-order valence-electron chi connectivity index (χ2n) is 4.32. The lowest BCUT2D eigenvalue weighted by atomic mass is 10.0. The average Bonchev–Trinajstić information content (AvgIpc) is 2.86. The van der Waals surface area contributed by atoms with Gasteiger partial charge in [0.05, 0.1) is 6.04 Å². The smallest absolute Gasteiger partial charge is 0.127 e. The van der Waals surface area contributed by atoms with Gasteiger partial charge in [-0.05, 0) is 47.5 Å². The molecular formula is C14H16BrFN2S. The minimum Gasteiger partial charge on any atom is -0.271 e. The van der Waals surface area contributed by atoms with Crippen molar-refractivity contribution in [1.29, 1.82) is 0 Å². The molecule has 0 radical (unpaired) electrons. The summed E-state index contributed by atoms with van der Waals surface area (Å²) in [5.74, 6) is 5.44. The van der Waals surface area contributed by atoms with E-state index in [1.165, 1.54) is 16.5 Å². The van der Waals surface area contributed by atoms with Gasteiger partial charge in [0.25, 0.3) is 0 Å². The lowest BCUT2D eigenvalue weighted by Crippen LogP contribution is -2.29. The highest BCUT2D eigenvalue weighted by Crippen LogP contribution is 2.28. The third-order valence-corrected chi connectivity index (χ3v) is 4.68. The van der Waals surface area contributed by atoms with Gasteiger partial charge in [0, 0.05) is 9.35 Å². The Kier molecular flexibility index (Phi) is 5.10. The highest BCUT2D eigenvalue weighted by atomic mass is 79.9. The van der Waals surface area contributed by atoms with Gasteiger partial charge in [-0.2, -0.15) is 0 Å². The lowest BCUT2D eigenvalue weighted by molar-refractivity contribution is 0.532. The molecule has 0 fully saturated rings. The SMILES string of the molecule is CCc1ccsc1C(Cc1ccc(Br)cc1F)NN. The molecule has 3 N–H and O–H groups in total. The highest BCUT2D eigenvalue weighted by molar-refractivity contribution is 9.10. The first-order valence-corrected chi connectivity index (χ1v) is 7.79. The maximum absolute atomic E-state index is 13.9. The predicted molar refractivity (Wildman–Crippen MR) is 81.6 cm³/mol. The van der Waals surface area contributed by atoms with Crippen LogP contribution in [0.25, 0.3) is 0 Å². The number of benzene rings is 1. The standard InChI is InChI=1S/C14H16BrFN2S/c1-2-9-5-6-19-14(9)13(18-17)7-10-3-4-11(15)8-12(10)16/h3-6,8,13,18H,2,7,17H2,1H3. The number of nitrogens with two attached hydrogens (primary N) is 1. The first kappa shape index (κ1) is 14.7. The Hall–Kier alpha value is -0.750. The molecule has 0 saturated heterocycles. The highest BCUT2D eigenvalue weighted by Gasteiger charge is 2.17. The van der Waals surface area contributed by atoms with Crippen molar-refractivity contribution in [3.63, 3.8) is 0 Å². The number of hydrazine groups is 1. The quantitative estimate of drug-likeness (QED) is 0.637. The molecule has 1 aromatic heterocycles. The van der Waals surface area contributed by atoms with Crippen LogP contribution in [0.4, 0.5) is 4.39 Å². The zero-order valence-corrected chi connectivity index (χ0v) is 13.0. The zero-order valence-electron chi connectivity index (χ0n) is 10.6. The first-order valence-electron chi connectivity index (χ1n) is 6.12. The van der Waals surface area contributed by atoms with Gasteiger partial charge < -0.3 is 0 Å². The van der Waals surface area contributed by atoms with Crippen LogP contribution in [0, 0.1) is 5.82 Å². The summed E-state index contributed by atoms with van der Waals surface area (Å²) >= 11 is 4.92. The van der Waals surface area contributed by atoms with Gasteiger partial charge in [-0.25, -0.2) is 4.39 Å². The van der Waals surface area contributed by atoms with E-state index < -0.39 is 0 Å². The Morgan fingerprint density at radius 1 is 1.37 bits per heavy atom. The van der Waals surface area contributed by atoms with Crippen LogP contribution in [0.3, 0.4) is 0 Å². The molecule has 0 spiro atoms. The molecule has 5 heteroatoms. The van der Waals surface area contributed by atoms with Crippen LogP contribution in [-0.2, 0) is 12.8 Å². The molecule has 0 aliphatic carbocycles. The summed E-state index contributed by atoms with van der Waals surface area (Å²) in [5, 5.41) is 2.05. The normalized spacial score (nSPS) is 12.6.